The van der Waals surface area contributed by atoms with E-state index in [0.717, 1.165) is 27.9 Å². The summed E-state index contributed by atoms with van der Waals surface area (Å²) in [5.41, 5.74) is 16.6. The van der Waals surface area contributed by atoms with Crippen molar-refractivity contribution in [1.29, 1.82) is 0 Å². The van der Waals surface area contributed by atoms with Crippen molar-refractivity contribution in [2.45, 2.75) is 12.6 Å². The van der Waals surface area contributed by atoms with Crippen molar-refractivity contribution < 1.29 is 9.47 Å². The van der Waals surface area contributed by atoms with E-state index in [0.29, 0.717) is 11.5 Å². The third kappa shape index (κ3) is 2.29. The van der Waals surface area contributed by atoms with E-state index in [1.54, 1.807) is 14.2 Å². The Hall–Kier alpha value is -2.66. The smallest absolute Gasteiger partial charge is 0.161 e. The number of rotatable bonds is 3. The minimum atomic E-state index is -0.883. The summed E-state index contributed by atoms with van der Waals surface area (Å²) in [6.45, 7) is 1.99. The van der Waals surface area contributed by atoms with Crippen LogP contribution in [0.25, 0.3) is 6.08 Å². The number of aryl methyl sites for hydroxylation is 1. The average Bonchev–Trinajstić information content (AvgIpc) is 2.58. The van der Waals surface area contributed by atoms with Gasteiger partial charge in [0.15, 0.2) is 11.5 Å². The molecule has 1 aliphatic rings. The number of methoxy groups -OCH3 is 2. The Bertz CT molecular complexity index is 786. The molecule has 0 radical (unpaired) electrons. The molecule has 0 saturated heterocycles. The summed E-state index contributed by atoms with van der Waals surface area (Å²) in [5.74, 6) is 1.29. The highest BCUT2D eigenvalue weighted by atomic mass is 16.5. The molecule has 0 bridgehead atoms. The molecule has 1 aliphatic heterocycles. The quantitative estimate of drug-likeness (QED) is 0.758. The fourth-order valence-electron chi connectivity index (χ4n) is 2.92. The largest absolute Gasteiger partial charge is 0.493 e. The van der Waals surface area contributed by atoms with E-state index in [4.69, 9.17) is 20.9 Å². The van der Waals surface area contributed by atoms with Crippen LogP contribution < -0.4 is 26.3 Å². The Morgan fingerprint density at radius 1 is 1.04 bits per heavy atom. The van der Waals surface area contributed by atoms with E-state index in [-0.39, 0.29) is 0 Å². The van der Waals surface area contributed by atoms with Crippen LogP contribution in [-0.4, -0.2) is 14.2 Å². The van der Waals surface area contributed by atoms with Gasteiger partial charge in [-0.25, -0.2) is 0 Å². The SMILES string of the molecule is COc1ccc(C2(N)NC=Cc3c2ccc(C)c3N)cc1OC. The van der Waals surface area contributed by atoms with Gasteiger partial charge in [-0.3, -0.25) is 0 Å². The standard InChI is InChI=1S/C18H21N3O2/c1-11-4-6-14-13(17(11)19)8-9-21-18(14,20)12-5-7-15(22-2)16(10-12)23-3/h4-10,21H,19-20H2,1-3H3. The van der Waals surface area contributed by atoms with Crippen molar-refractivity contribution in [3.63, 3.8) is 0 Å². The lowest BCUT2D eigenvalue weighted by Crippen LogP contribution is -2.50. The van der Waals surface area contributed by atoms with E-state index in [1.807, 2.05) is 49.5 Å². The fraction of sp³-hybridized carbons (Fsp3) is 0.222. The third-order valence-corrected chi connectivity index (χ3v) is 4.33. The van der Waals surface area contributed by atoms with Gasteiger partial charge in [-0.2, -0.15) is 0 Å². The zero-order valence-electron chi connectivity index (χ0n) is 13.5. The molecule has 2 aromatic rings. The first-order valence-electron chi connectivity index (χ1n) is 7.36. The van der Waals surface area contributed by atoms with Gasteiger partial charge in [0.2, 0.25) is 0 Å². The Morgan fingerprint density at radius 3 is 2.48 bits per heavy atom. The lowest BCUT2D eigenvalue weighted by atomic mass is 9.85. The molecule has 0 fully saturated rings. The first-order valence-corrected chi connectivity index (χ1v) is 7.36. The molecule has 0 spiro atoms. The number of hydrogen-bond acceptors (Lipinski definition) is 5. The first kappa shape index (κ1) is 15.2. The summed E-state index contributed by atoms with van der Waals surface area (Å²) in [5, 5.41) is 3.25. The highest BCUT2D eigenvalue weighted by Crippen LogP contribution is 2.38. The Labute approximate surface area is 135 Å². The van der Waals surface area contributed by atoms with Gasteiger partial charge in [-0.05, 0) is 36.9 Å². The molecule has 5 nitrogen and oxygen atoms in total. The van der Waals surface area contributed by atoms with Crippen molar-refractivity contribution in [3.05, 3.63) is 58.8 Å². The molecule has 3 rings (SSSR count). The summed E-state index contributed by atoms with van der Waals surface area (Å²) in [6, 6.07) is 9.64. The molecule has 120 valence electrons. The summed E-state index contributed by atoms with van der Waals surface area (Å²) in [7, 11) is 3.21. The van der Waals surface area contributed by atoms with Gasteiger partial charge in [0, 0.05) is 22.4 Å². The van der Waals surface area contributed by atoms with Crippen LogP contribution in [-0.2, 0) is 5.66 Å². The zero-order valence-corrected chi connectivity index (χ0v) is 13.5. The van der Waals surface area contributed by atoms with Crippen molar-refractivity contribution >= 4 is 11.8 Å². The average molecular weight is 311 g/mol. The monoisotopic (exact) mass is 311 g/mol. The summed E-state index contributed by atoms with van der Waals surface area (Å²) in [4.78, 5) is 0. The zero-order chi connectivity index (χ0) is 16.6. The molecule has 23 heavy (non-hydrogen) atoms. The number of nitrogens with two attached hydrogens (primary N) is 2. The predicted octanol–water partition coefficient (Wildman–Crippen LogP) is 2.33. The van der Waals surface area contributed by atoms with Gasteiger partial charge in [-0.15, -0.1) is 0 Å². The number of ether oxygens (including phenoxy) is 2. The molecule has 0 aromatic heterocycles. The first-order chi connectivity index (χ1) is 11.0. The Balaban J connectivity index is 2.18. The molecular weight excluding hydrogens is 290 g/mol. The summed E-state index contributed by atoms with van der Waals surface area (Å²) >= 11 is 0. The summed E-state index contributed by atoms with van der Waals surface area (Å²) in [6.07, 6.45) is 3.78. The molecule has 0 aliphatic carbocycles. The van der Waals surface area contributed by atoms with Crippen molar-refractivity contribution in [3.8, 4) is 11.5 Å². The van der Waals surface area contributed by atoms with Crippen molar-refractivity contribution in [2.24, 2.45) is 5.73 Å². The Morgan fingerprint density at radius 2 is 1.78 bits per heavy atom. The maximum absolute atomic E-state index is 6.71. The number of fused-ring (bicyclic) bond motifs is 1. The highest BCUT2D eigenvalue weighted by molar-refractivity contribution is 5.74. The van der Waals surface area contributed by atoms with Crippen LogP contribution in [0, 0.1) is 6.92 Å². The lowest BCUT2D eigenvalue weighted by Gasteiger charge is -2.36. The second kappa shape index (κ2) is 5.52. The number of anilines is 1. The minimum Gasteiger partial charge on any atom is -0.493 e. The molecule has 0 amide bonds. The van der Waals surface area contributed by atoms with Crippen molar-refractivity contribution in [1.82, 2.24) is 5.32 Å². The number of nitrogens with one attached hydrogen (secondary N) is 1. The normalized spacial score (nSPS) is 19.0. The molecule has 5 N–H and O–H groups in total. The van der Waals surface area contributed by atoms with Gasteiger partial charge in [0.05, 0.1) is 14.2 Å². The maximum atomic E-state index is 6.71. The van der Waals surface area contributed by atoms with E-state index in [1.165, 1.54) is 0 Å². The number of benzene rings is 2. The molecule has 1 unspecified atom stereocenters. The van der Waals surface area contributed by atoms with Gasteiger partial charge >= 0.3 is 0 Å². The molecule has 5 heteroatoms. The minimum absolute atomic E-state index is 0.632. The van der Waals surface area contributed by atoms with Gasteiger partial charge in [0.1, 0.15) is 5.66 Å². The molecule has 0 saturated carbocycles. The predicted molar refractivity (Wildman–Crippen MR) is 92.3 cm³/mol. The van der Waals surface area contributed by atoms with Crippen LogP contribution in [0.4, 0.5) is 5.69 Å². The second-order valence-electron chi connectivity index (χ2n) is 5.61. The van der Waals surface area contributed by atoms with E-state index >= 15 is 0 Å². The lowest BCUT2D eigenvalue weighted by molar-refractivity contribution is 0.352. The van der Waals surface area contributed by atoms with Crippen molar-refractivity contribution in [2.75, 3.05) is 20.0 Å². The van der Waals surface area contributed by atoms with Crippen LogP contribution in [0.2, 0.25) is 0 Å². The van der Waals surface area contributed by atoms with Gasteiger partial charge in [0.25, 0.3) is 0 Å². The van der Waals surface area contributed by atoms with Crippen LogP contribution in [0.3, 0.4) is 0 Å². The molecule has 1 heterocycles. The highest BCUT2D eigenvalue weighted by Gasteiger charge is 2.34. The van der Waals surface area contributed by atoms with E-state index in [2.05, 4.69) is 5.32 Å². The van der Waals surface area contributed by atoms with Gasteiger partial charge < -0.3 is 26.3 Å². The van der Waals surface area contributed by atoms with Crippen LogP contribution in [0.5, 0.6) is 11.5 Å². The molecule has 1 atom stereocenters. The molecule has 2 aromatic carbocycles. The fourth-order valence-corrected chi connectivity index (χ4v) is 2.92. The van der Waals surface area contributed by atoms with E-state index < -0.39 is 5.66 Å². The number of nitrogen functional groups attached to an aromatic ring is 1. The number of hydrogen-bond donors (Lipinski definition) is 3. The molecular formula is C18H21N3O2. The van der Waals surface area contributed by atoms with Crippen LogP contribution in [0.1, 0.15) is 22.3 Å². The van der Waals surface area contributed by atoms with Crippen LogP contribution in [0.15, 0.2) is 36.5 Å². The van der Waals surface area contributed by atoms with E-state index in [9.17, 15) is 0 Å². The van der Waals surface area contributed by atoms with Gasteiger partial charge in [-0.1, -0.05) is 18.2 Å². The second-order valence-corrected chi connectivity index (χ2v) is 5.61. The topological polar surface area (TPSA) is 82.5 Å². The third-order valence-electron chi connectivity index (χ3n) is 4.33. The maximum Gasteiger partial charge on any atom is 0.161 e. The summed E-state index contributed by atoms with van der Waals surface area (Å²) < 4.78 is 10.7. The van der Waals surface area contributed by atoms with Crippen LogP contribution >= 0.6 is 0 Å². The Kier molecular flexibility index (Phi) is 3.66.